The molecule has 0 aliphatic carbocycles. The molecular formula is C17H25N3O2. The van der Waals surface area contributed by atoms with Crippen LogP contribution in [0.4, 0.5) is 5.69 Å². The summed E-state index contributed by atoms with van der Waals surface area (Å²) in [5.74, 6) is 0.288. The van der Waals surface area contributed by atoms with Gasteiger partial charge in [-0.2, -0.15) is 0 Å². The number of rotatable bonds is 8. The summed E-state index contributed by atoms with van der Waals surface area (Å²) in [5, 5.41) is 6.22. The summed E-state index contributed by atoms with van der Waals surface area (Å²) in [5.41, 5.74) is 0.826. The fourth-order valence-electron chi connectivity index (χ4n) is 2.64. The maximum atomic E-state index is 11.9. The predicted molar refractivity (Wildman–Crippen MR) is 87.6 cm³/mol. The normalized spacial score (nSPS) is 15.9. The Bertz CT molecular complexity index is 490. The first kappa shape index (κ1) is 16.5. The second-order valence-electron chi connectivity index (χ2n) is 5.81. The van der Waals surface area contributed by atoms with Crippen molar-refractivity contribution in [2.45, 2.75) is 38.6 Å². The van der Waals surface area contributed by atoms with Gasteiger partial charge in [-0.05, 0) is 38.4 Å². The molecule has 22 heavy (non-hydrogen) atoms. The predicted octanol–water partition coefficient (Wildman–Crippen LogP) is 2.01. The van der Waals surface area contributed by atoms with Gasteiger partial charge in [0.2, 0.25) is 11.8 Å². The number of nitrogens with zero attached hydrogens (tertiary/aromatic N) is 1. The van der Waals surface area contributed by atoms with Crippen molar-refractivity contribution in [2.75, 3.05) is 25.0 Å². The van der Waals surface area contributed by atoms with E-state index in [0.29, 0.717) is 12.8 Å². The molecule has 1 atom stereocenters. The van der Waals surface area contributed by atoms with Crippen molar-refractivity contribution in [3.8, 4) is 0 Å². The van der Waals surface area contributed by atoms with E-state index in [1.807, 2.05) is 42.2 Å². The van der Waals surface area contributed by atoms with Crippen molar-refractivity contribution in [1.82, 2.24) is 10.2 Å². The lowest BCUT2D eigenvalue weighted by Gasteiger charge is -2.17. The quantitative estimate of drug-likeness (QED) is 0.722. The Morgan fingerprint density at radius 1 is 1.32 bits per heavy atom. The van der Waals surface area contributed by atoms with Crippen LogP contribution in [0.1, 0.15) is 32.6 Å². The number of carbonyl (C=O) groups excluding carboxylic acids is 2. The third-order valence-electron chi connectivity index (χ3n) is 3.82. The van der Waals surface area contributed by atoms with Gasteiger partial charge < -0.3 is 15.5 Å². The maximum Gasteiger partial charge on any atom is 0.225 e. The molecule has 5 heteroatoms. The zero-order chi connectivity index (χ0) is 15.8. The molecule has 1 aliphatic rings. The highest BCUT2D eigenvalue weighted by molar-refractivity contribution is 5.91. The Morgan fingerprint density at radius 2 is 2.09 bits per heavy atom. The van der Waals surface area contributed by atoms with Crippen LogP contribution in [0.25, 0.3) is 0 Å². The van der Waals surface area contributed by atoms with E-state index in [2.05, 4.69) is 10.6 Å². The van der Waals surface area contributed by atoms with Crippen LogP contribution in [0.3, 0.4) is 0 Å². The van der Waals surface area contributed by atoms with Crippen molar-refractivity contribution in [1.29, 1.82) is 0 Å². The standard InChI is InChI=1S/C17H25N3O2/c1-14(13-16(21)19-15-7-3-2-4-8-15)18-10-6-12-20-11-5-9-17(20)22/h2-4,7-8,14,18H,5-6,9-13H2,1H3,(H,19,21)/t14-/m0/s1. The molecule has 2 N–H and O–H groups in total. The van der Waals surface area contributed by atoms with Gasteiger partial charge in [-0.1, -0.05) is 18.2 Å². The van der Waals surface area contributed by atoms with Crippen LogP contribution in [0.15, 0.2) is 30.3 Å². The molecule has 1 aliphatic heterocycles. The number of likely N-dealkylation sites (tertiary alicyclic amines) is 1. The van der Waals surface area contributed by atoms with Crippen LogP contribution >= 0.6 is 0 Å². The minimum absolute atomic E-state index is 0.0147. The summed E-state index contributed by atoms with van der Waals surface area (Å²) in [7, 11) is 0. The van der Waals surface area contributed by atoms with Crippen molar-refractivity contribution in [3.05, 3.63) is 30.3 Å². The van der Waals surface area contributed by atoms with Gasteiger partial charge in [0.25, 0.3) is 0 Å². The van der Waals surface area contributed by atoms with E-state index in [4.69, 9.17) is 0 Å². The fourth-order valence-corrected chi connectivity index (χ4v) is 2.64. The minimum Gasteiger partial charge on any atom is -0.343 e. The van der Waals surface area contributed by atoms with Crippen LogP contribution in [0.2, 0.25) is 0 Å². The summed E-state index contributed by atoms with van der Waals surface area (Å²) in [6.07, 6.45) is 3.06. The minimum atomic E-state index is 0.0147. The molecule has 1 aromatic rings. The van der Waals surface area contributed by atoms with Crippen LogP contribution in [-0.2, 0) is 9.59 Å². The Hall–Kier alpha value is -1.88. The molecule has 1 heterocycles. The van der Waals surface area contributed by atoms with Gasteiger partial charge in [0.05, 0.1) is 0 Å². The van der Waals surface area contributed by atoms with Gasteiger partial charge in [0, 0.05) is 37.7 Å². The summed E-state index contributed by atoms with van der Waals surface area (Å²) in [4.78, 5) is 25.3. The van der Waals surface area contributed by atoms with Crippen LogP contribution in [-0.4, -0.2) is 42.4 Å². The van der Waals surface area contributed by atoms with Crippen LogP contribution < -0.4 is 10.6 Å². The van der Waals surface area contributed by atoms with Gasteiger partial charge in [-0.3, -0.25) is 9.59 Å². The zero-order valence-corrected chi connectivity index (χ0v) is 13.2. The number of hydrogen-bond acceptors (Lipinski definition) is 3. The lowest BCUT2D eigenvalue weighted by Crippen LogP contribution is -2.33. The Balaban J connectivity index is 1.58. The summed E-state index contributed by atoms with van der Waals surface area (Å²) >= 11 is 0. The number of benzene rings is 1. The average molecular weight is 303 g/mol. The molecule has 1 saturated heterocycles. The lowest BCUT2D eigenvalue weighted by molar-refractivity contribution is -0.127. The molecule has 120 valence electrons. The van der Waals surface area contributed by atoms with Crippen molar-refractivity contribution in [3.63, 3.8) is 0 Å². The highest BCUT2D eigenvalue weighted by Crippen LogP contribution is 2.09. The van der Waals surface area contributed by atoms with Crippen LogP contribution in [0, 0.1) is 0 Å². The number of carbonyl (C=O) groups is 2. The van der Waals surface area contributed by atoms with E-state index in [9.17, 15) is 9.59 Å². The number of hydrogen-bond donors (Lipinski definition) is 2. The van der Waals surface area contributed by atoms with E-state index in [-0.39, 0.29) is 17.9 Å². The van der Waals surface area contributed by atoms with Crippen molar-refractivity contribution >= 4 is 17.5 Å². The van der Waals surface area contributed by atoms with E-state index < -0.39 is 0 Å². The molecule has 1 aromatic carbocycles. The molecule has 1 fully saturated rings. The smallest absolute Gasteiger partial charge is 0.225 e. The molecule has 5 nitrogen and oxygen atoms in total. The highest BCUT2D eigenvalue weighted by atomic mass is 16.2. The molecule has 0 aromatic heterocycles. The fraction of sp³-hybridized carbons (Fsp3) is 0.529. The maximum absolute atomic E-state index is 11.9. The Kier molecular flexibility index (Phi) is 6.40. The van der Waals surface area contributed by atoms with E-state index in [1.165, 1.54) is 0 Å². The van der Waals surface area contributed by atoms with E-state index in [1.54, 1.807) is 0 Å². The Labute approximate surface area is 132 Å². The van der Waals surface area contributed by atoms with Gasteiger partial charge in [-0.25, -0.2) is 0 Å². The van der Waals surface area contributed by atoms with Crippen molar-refractivity contribution < 1.29 is 9.59 Å². The van der Waals surface area contributed by atoms with Gasteiger partial charge >= 0.3 is 0 Å². The van der Waals surface area contributed by atoms with Crippen molar-refractivity contribution in [2.24, 2.45) is 0 Å². The first-order chi connectivity index (χ1) is 10.6. The molecule has 0 bridgehead atoms. The van der Waals surface area contributed by atoms with E-state index in [0.717, 1.165) is 38.2 Å². The molecule has 2 amide bonds. The summed E-state index contributed by atoms with van der Waals surface area (Å²) < 4.78 is 0. The summed E-state index contributed by atoms with van der Waals surface area (Å²) in [6.45, 7) is 4.54. The second-order valence-corrected chi connectivity index (χ2v) is 5.81. The van der Waals surface area contributed by atoms with Gasteiger partial charge in [0.1, 0.15) is 0 Å². The SMILES string of the molecule is C[C@@H](CC(=O)Nc1ccccc1)NCCCN1CCCC1=O. The molecule has 0 radical (unpaired) electrons. The lowest BCUT2D eigenvalue weighted by atomic mass is 10.2. The third-order valence-corrected chi connectivity index (χ3v) is 3.82. The second kappa shape index (κ2) is 8.54. The largest absolute Gasteiger partial charge is 0.343 e. The summed E-state index contributed by atoms with van der Waals surface area (Å²) in [6, 6.07) is 9.60. The van der Waals surface area contributed by atoms with Gasteiger partial charge in [0.15, 0.2) is 0 Å². The number of para-hydroxylation sites is 1. The zero-order valence-electron chi connectivity index (χ0n) is 13.2. The molecule has 2 rings (SSSR count). The average Bonchev–Trinajstić information content (AvgIpc) is 2.90. The number of nitrogens with one attached hydrogen (secondary N) is 2. The van der Waals surface area contributed by atoms with E-state index >= 15 is 0 Å². The van der Waals surface area contributed by atoms with Crippen LogP contribution in [0.5, 0.6) is 0 Å². The number of anilines is 1. The monoisotopic (exact) mass is 303 g/mol. The molecular weight excluding hydrogens is 278 g/mol. The number of amides is 2. The molecule has 0 unspecified atom stereocenters. The molecule has 0 saturated carbocycles. The Morgan fingerprint density at radius 3 is 2.77 bits per heavy atom. The highest BCUT2D eigenvalue weighted by Gasteiger charge is 2.19. The third kappa shape index (κ3) is 5.48. The topological polar surface area (TPSA) is 61.4 Å². The molecule has 0 spiro atoms. The first-order valence-corrected chi connectivity index (χ1v) is 8.01. The first-order valence-electron chi connectivity index (χ1n) is 8.01. The van der Waals surface area contributed by atoms with Gasteiger partial charge in [-0.15, -0.1) is 0 Å².